The Bertz CT molecular complexity index is 2230. The van der Waals surface area contributed by atoms with Crippen LogP contribution in [0.1, 0.15) is 0 Å². The van der Waals surface area contributed by atoms with E-state index in [-0.39, 0.29) is 10.3 Å². The molecule has 0 unspecified atom stereocenters. The third kappa shape index (κ3) is 6.90. The van der Waals surface area contributed by atoms with Crippen molar-refractivity contribution < 1.29 is 27.6 Å². The van der Waals surface area contributed by atoms with E-state index in [0.29, 0.717) is 43.7 Å². The minimum Gasteiger partial charge on any atom is -0.355 e. The molecular formula is C32H22ClN5O6S2. The van der Waals surface area contributed by atoms with Crippen molar-refractivity contribution in [3.05, 3.63) is 120 Å². The number of halogens is 1. The molecule has 0 aliphatic rings. The van der Waals surface area contributed by atoms with E-state index in [2.05, 4.69) is 35.1 Å². The molecule has 0 saturated carbocycles. The number of anilines is 2. The van der Waals surface area contributed by atoms with Crippen LogP contribution in [0.3, 0.4) is 0 Å². The van der Waals surface area contributed by atoms with E-state index in [1.807, 2.05) is 54.6 Å². The van der Waals surface area contributed by atoms with E-state index in [0.717, 1.165) is 28.5 Å². The van der Waals surface area contributed by atoms with E-state index in [4.69, 9.17) is 16.9 Å². The molecule has 0 aliphatic carbocycles. The predicted molar refractivity (Wildman–Crippen MR) is 178 cm³/mol. The number of hydrogen-bond donors (Lipinski definition) is 3. The largest absolute Gasteiger partial charge is 0.355 e. The zero-order valence-electron chi connectivity index (χ0n) is 23.5. The van der Waals surface area contributed by atoms with Crippen molar-refractivity contribution >= 4 is 89.4 Å². The molecule has 0 atom stereocenters. The summed E-state index contributed by atoms with van der Waals surface area (Å²) in [6, 6.07) is 33.3. The Hall–Kier alpha value is -4.73. The molecule has 6 rings (SSSR count). The standard InChI is InChI=1S/C32H22ClN5O6S2/c33-25-14-13-21(19-30(25)45-44-43-39)35-36-26-15-16-27(23-10-5-4-9-22(23)26)37-38-28-17-18-29(34-20-7-2-1-3-8-20)32-24(28)11-6-12-31(32)46(40,41)42/h1-19,34,39H,(H,40,41,42). The summed E-state index contributed by atoms with van der Waals surface area (Å²) in [5.41, 5.74) is 3.24. The number of rotatable bonds is 10. The molecule has 6 aromatic carbocycles. The Morgan fingerprint density at radius 1 is 0.696 bits per heavy atom. The molecule has 0 saturated heterocycles. The number of benzene rings is 6. The van der Waals surface area contributed by atoms with E-state index in [1.54, 1.807) is 54.6 Å². The van der Waals surface area contributed by atoms with Gasteiger partial charge in [0, 0.05) is 32.9 Å². The van der Waals surface area contributed by atoms with E-state index in [9.17, 15) is 13.0 Å². The summed E-state index contributed by atoms with van der Waals surface area (Å²) < 4.78 is 39.3. The van der Waals surface area contributed by atoms with Crippen molar-refractivity contribution in [2.75, 3.05) is 5.32 Å². The summed E-state index contributed by atoms with van der Waals surface area (Å²) in [5, 5.41) is 35.8. The lowest BCUT2D eigenvalue weighted by atomic mass is 10.1. The molecule has 46 heavy (non-hydrogen) atoms. The fraction of sp³-hybridized carbons (Fsp3) is 0. The number of azo groups is 2. The van der Waals surface area contributed by atoms with Crippen LogP contribution in [0.4, 0.5) is 34.1 Å². The molecule has 0 heterocycles. The van der Waals surface area contributed by atoms with Gasteiger partial charge in [0.2, 0.25) is 0 Å². The van der Waals surface area contributed by atoms with Crippen molar-refractivity contribution in [3.8, 4) is 0 Å². The molecule has 14 heteroatoms. The van der Waals surface area contributed by atoms with Crippen molar-refractivity contribution in [2.24, 2.45) is 20.5 Å². The quantitative estimate of drug-likeness (QED) is 0.0427. The second-order valence-electron chi connectivity index (χ2n) is 9.67. The van der Waals surface area contributed by atoms with Gasteiger partial charge in [0.25, 0.3) is 10.1 Å². The van der Waals surface area contributed by atoms with Crippen molar-refractivity contribution in [2.45, 2.75) is 9.79 Å². The average Bonchev–Trinajstić information content (AvgIpc) is 3.07. The topological polar surface area (TPSA) is 155 Å². The molecule has 3 N–H and O–H groups in total. The maximum absolute atomic E-state index is 12.4. The lowest BCUT2D eigenvalue weighted by Crippen LogP contribution is -2.01. The van der Waals surface area contributed by atoms with Gasteiger partial charge in [0.05, 0.1) is 44.7 Å². The van der Waals surface area contributed by atoms with Gasteiger partial charge in [-0.05, 0) is 60.7 Å². The van der Waals surface area contributed by atoms with Gasteiger partial charge >= 0.3 is 0 Å². The molecule has 0 amide bonds. The maximum atomic E-state index is 12.4. The van der Waals surface area contributed by atoms with Crippen LogP contribution in [-0.2, 0) is 19.5 Å². The number of fused-ring (bicyclic) bond motifs is 2. The first-order valence-electron chi connectivity index (χ1n) is 13.5. The number of nitrogens with one attached hydrogen (secondary N) is 1. The molecule has 0 fully saturated rings. The normalized spacial score (nSPS) is 12.1. The Kier molecular flexibility index (Phi) is 9.33. The third-order valence-corrected chi connectivity index (χ3v) is 8.78. The highest BCUT2D eigenvalue weighted by Gasteiger charge is 2.19. The second kappa shape index (κ2) is 13.7. The smallest absolute Gasteiger partial charge is 0.295 e. The molecular weight excluding hydrogens is 650 g/mol. The Labute approximate surface area is 272 Å². The van der Waals surface area contributed by atoms with Gasteiger partial charge in [-0.1, -0.05) is 71.2 Å². The van der Waals surface area contributed by atoms with Crippen molar-refractivity contribution in [1.82, 2.24) is 0 Å². The van der Waals surface area contributed by atoms with Gasteiger partial charge in [0.1, 0.15) is 4.90 Å². The van der Waals surface area contributed by atoms with Gasteiger partial charge in [-0.15, -0.1) is 19.7 Å². The highest BCUT2D eigenvalue weighted by Crippen LogP contribution is 2.40. The molecule has 0 spiro atoms. The van der Waals surface area contributed by atoms with Crippen LogP contribution in [0, 0.1) is 0 Å². The SMILES string of the molecule is O=S(=O)(O)c1cccc2c(N=Nc3ccc(N=Nc4ccc(Cl)c(SOOO)c4)c4ccccc34)ccc(Nc3ccccc3)c12. The predicted octanol–water partition coefficient (Wildman–Crippen LogP) is 10.9. The first-order valence-corrected chi connectivity index (χ1v) is 16.0. The highest BCUT2D eigenvalue weighted by atomic mass is 35.5. The summed E-state index contributed by atoms with van der Waals surface area (Å²) in [5.74, 6) is 0. The Morgan fingerprint density at radius 3 is 1.98 bits per heavy atom. The zero-order chi connectivity index (χ0) is 32.1. The summed E-state index contributed by atoms with van der Waals surface area (Å²) in [6.45, 7) is 0. The molecule has 6 aromatic rings. The lowest BCUT2D eigenvalue weighted by molar-refractivity contribution is -0.432. The van der Waals surface area contributed by atoms with E-state index in [1.165, 1.54) is 6.07 Å². The Balaban J connectivity index is 1.37. The summed E-state index contributed by atoms with van der Waals surface area (Å²) in [7, 11) is -4.56. The fourth-order valence-electron chi connectivity index (χ4n) is 4.77. The van der Waals surface area contributed by atoms with E-state index < -0.39 is 10.1 Å². The fourth-order valence-corrected chi connectivity index (χ4v) is 6.13. The van der Waals surface area contributed by atoms with Crippen LogP contribution in [-0.4, -0.2) is 18.2 Å². The van der Waals surface area contributed by atoms with Crippen LogP contribution in [0.5, 0.6) is 0 Å². The van der Waals surface area contributed by atoms with Gasteiger partial charge in [-0.3, -0.25) is 4.55 Å². The first kappa shape index (κ1) is 31.3. The van der Waals surface area contributed by atoms with Crippen molar-refractivity contribution in [1.29, 1.82) is 0 Å². The molecule has 0 aromatic heterocycles. The number of nitrogens with zero attached hydrogens (tertiary/aromatic N) is 4. The number of para-hydroxylation sites is 1. The van der Waals surface area contributed by atoms with Gasteiger partial charge < -0.3 is 5.32 Å². The van der Waals surface area contributed by atoms with E-state index >= 15 is 0 Å². The van der Waals surface area contributed by atoms with Crippen molar-refractivity contribution in [3.63, 3.8) is 0 Å². The molecule has 230 valence electrons. The van der Waals surface area contributed by atoms with Crippen LogP contribution in [0.15, 0.2) is 146 Å². The minimum absolute atomic E-state index is 0.249. The first-order chi connectivity index (χ1) is 22.3. The van der Waals surface area contributed by atoms with Gasteiger partial charge in [-0.25, -0.2) is 5.26 Å². The van der Waals surface area contributed by atoms with Crippen LogP contribution in [0.25, 0.3) is 21.5 Å². The number of hydrogen-bond acceptors (Lipinski definition) is 11. The zero-order valence-corrected chi connectivity index (χ0v) is 25.9. The summed E-state index contributed by atoms with van der Waals surface area (Å²) >= 11 is 6.87. The maximum Gasteiger partial charge on any atom is 0.295 e. The van der Waals surface area contributed by atoms with Crippen LogP contribution < -0.4 is 5.32 Å². The van der Waals surface area contributed by atoms with Crippen LogP contribution in [0.2, 0.25) is 5.02 Å². The highest BCUT2D eigenvalue weighted by molar-refractivity contribution is 7.94. The summed E-state index contributed by atoms with van der Waals surface area (Å²) in [4.78, 5) is 0.217. The molecule has 0 radical (unpaired) electrons. The third-order valence-electron chi connectivity index (χ3n) is 6.80. The second-order valence-corrected chi connectivity index (χ2v) is 12.2. The molecule has 0 aliphatic heterocycles. The minimum atomic E-state index is -4.56. The lowest BCUT2D eigenvalue weighted by Gasteiger charge is -2.14. The Morgan fingerprint density at radius 2 is 1.30 bits per heavy atom. The van der Waals surface area contributed by atoms with Crippen LogP contribution >= 0.6 is 23.6 Å². The summed E-state index contributed by atoms with van der Waals surface area (Å²) in [6.07, 6.45) is 0. The van der Waals surface area contributed by atoms with Gasteiger partial charge in [0.15, 0.2) is 0 Å². The van der Waals surface area contributed by atoms with Gasteiger partial charge in [-0.2, -0.15) is 13.5 Å². The monoisotopic (exact) mass is 671 g/mol. The average molecular weight is 672 g/mol. The molecule has 11 nitrogen and oxygen atoms in total. The molecule has 0 bridgehead atoms.